The Morgan fingerprint density at radius 2 is 2.07 bits per heavy atom. The van der Waals surface area contributed by atoms with Gasteiger partial charge in [0.1, 0.15) is 5.75 Å². The average Bonchev–Trinajstić information content (AvgIpc) is 3.34. The summed E-state index contributed by atoms with van der Waals surface area (Å²) in [5, 5.41) is 13.6. The Morgan fingerprint density at radius 3 is 2.82 bits per heavy atom. The molecule has 28 heavy (non-hydrogen) atoms. The van der Waals surface area contributed by atoms with Gasteiger partial charge in [-0.3, -0.25) is 4.98 Å². The van der Waals surface area contributed by atoms with Gasteiger partial charge in [0.2, 0.25) is 0 Å². The summed E-state index contributed by atoms with van der Waals surface area (Å²) >= 11 is 5.58. The Balaban J connectivity index is 1.80. The molecule has 1 aliphatic heterocycles. The molecule has 3 aromatic rings. The van der Waals surface area contributed by atoms with Gasteiger partial charge >= 0.3 is 0 Å². The van der Waals surface area contributed by atoms with Crippen molar-refractivity contribution in [1.82, 2.24) is 19.8 Å². The molecule has 0 aliphatic carbocycles. The number of aliphatic hydroxyl groups is 1. The van der Waals surface area contributed by atoms with Crippen LogP contribution in [0.5, 0.6) is 5.75 Å². The Morgan fingerprint density at radius 1 is 1.18 bits per heavy atom. The van der Waals surface area contributed by atoms with E-state index in [0.717, 1.165) is 22.8 Å². The Kier molecular flexibility index (Phi) is 5.27. The summed E-state index contributed by atoms with van der Waals surface area (Å²) in [6.07, 6.45) is 3.81. The SMILES string of the molecule is COc1cccc(-n2cccc2[C@@H]2[C@@H](c3ccccn3)NC(=S)N2CCO)c1. The van der Waals surface area contributed by atoms with E-state index in [4.69, 9.17) is 17.0 Å². The highest BCUT2D eigenvalue weighted by Crippen LogP contribution is 2.39. The molecule has 0 bridgehead atoms. The van der Waals surface area contributed by atoms with Gasteiger partial charge in [0.15, 0.2) is 5.11 Å². The number of hydrogen-bond acceptors (Lipinski definition) is 4. The standard InChI is InChI=1S/C21H22N4O2S/c1-27-16-7-4-6-15(14-16)24-11-5-9-18(24)20-19(17-8-2-3-10-22-17)23-21(28)25(20)12-13-26/h2-11,14,19-20,26H,12-13H2,1H3,(H,23,28)/t19-,20-/m1/s1. The smallest absolute Gasteiger partial charge is 0.170 e. The van der Waals surface area contributed by atoms with Crippen molar-refractivity contribution in [2.75, 3.05) is 20.3 Å². The minimum absolute atomic E-state index is 0.0210. The van der Waals surface area contributed by atoms with Crippen molar-refractivity contribution < 1.29 is 9.84 Å². The molecule has 1 aliphatic rings. The molecule has 7 heteroatoms. The number of ether oxygens (including phenoxy) is 1. The molecule has 0 saturated carbocycles. The zero-order chi connectivity index (χ0) is 19.5. The van der Waals surface area contributed by atoms with Gasteiger partial charge in [0, 0.05) is 36.4 Å². The summed E-state index contributed by atoms with van der Waals surface area (Å²) in [4.78, 5) is 6.57. The van der Waals surface area contributed by atoms with E-state index in [0.29, 0.717) is 11.7 Å². The lowest BCUT2D eigenvalue weighted by atomic mass is 10.0. The summed E-state index contributed by atoms with van der Waals surface area (Å²) in [6, 6.07) is 17.7. The number of benzene rings is 1. The maximum Gasteiger partial charge on any atom is 0.170 e. The fourth-order valence-corrected chi connectivity index (χ4v) is 4.04. The maximum absolute atomic E-state index is 9.60. The fourth-order valence-electron chi connectivity index (χ4n) is 3.71. The molecule has 144 valence electrons. The van der Waals surface area contributed by atoms with Crippen molar-refractivity contribution in [1.29, 1.82) is 0 Å². The highest BCUT2D eigenvalue weighted by molar-refractivity contribution is 7.80. The number of pyridine rings is 1. The van der Waals surface area contributed by atoms with E-state index in [9.17, 15) is 5.11 Å². The number of rotatable bonds is 6. The Labute approximate surface area is 169 Å². The first-order valence-corrected chi connectivity index (χ1v) is 9.54. The average molecular weight is 395 g/mol. The molecule has 0 spiro atoms. The zero-order valence-electron chi connectivity index (χ0n) is 15.5. The van der Waals surface area contributed by atoms with Crippen molar-refractivity contribution in [3.8, 4) is 11.4 Å². The minimum atomic E-state index is -0.112. The van der Waals surface area contributed by atoms with Gasteiger partial charge in [-0.15, -0.1) is 0 Å². The minimum Gasteiger partial charge on any atom is -0.497 e. The van der Waals surface area contributed by atoms with E-state index < -0.39 is 0 Å². The molecular weight excluding hydrogens is 372 g/mol. The van der Waals surface area contributed by atoms with Crippen LogP contribution >= 0.6 is 12.2 Å². The van der Waals surface area contributed by atoms with E-state index >= 15 is 0 Å². The molecule has 0 amide bonds. The van der Waals surface area contributed by atoms with Crippen molar-refractivity contribution in [2.45, 2.75) is 12.1 Å². The van der Waals surface area contributed by atoms with Crippen molar-refractivity contribution in [3.63, 3.8) is 0 Å². The Bertz CT molecular complexity index is 960. The normalized spacial score (nSPS) is 18.9. The van der Waals surface area contributed by atoms with Crippen LogP contribution < -0.4 is 10.1 Å². The number of methoxy groups -OCH3 is 1. The molecule has 1 saturated heterocycles. The van der Waals surface area contributed by atoms with Crippen molar-refractivity contribution in [3.05, 3.63) is 78.4 Å². The summed E-state index contributed by atoms with van der Waals surface area (Å²) in [7, 11) is 1.66. The van der Waals surface area contributed by atoms with Gasteiger partial charge in [-0.05, 0) is 48.6 Å². The van der Waals surface area contributed by atoms with Crippen LogP contribution in [0.2, 0.25) is 0 Å². The molecule has 6 nitrogen and oxygen atoms in total. The van der Waals surface area contributed by atoms with Gasteiger partial charge in [-0.25, -0.2) is 0 Å². The van der Waals surface area contributed by atoms with Crippen LogP contribution in [-0.2, 0) is 0 Å². The number of aromatic nitrogens is 2. The monoisotopic (exact) mass is 394 g/mol. The van der Waals surface area contributed by atoms with Crippen LogP contribution in [0.3, 0.4) is 0 Å². The van der Waals surface area contributed by atoms with Crippen LogP contribution in [-0.4, -0.2) is 44.9 Å². The van der Waals surface area contributed by atoms with Crippen LogP contribution in [0.1, 0.15) is 23.5 Å². The maximum atomic E-state index is 9.60. The zero-order valence-corrected chi connectivity index (χ0v) is 16.3. The number of nitrogens with zero attached hydrogens (tertiary/aromatic N) is 3. The first-order valence-electron chi connectivity index (χ1n) is 9.13. The lowest BCUT2D eigenvalue weighted by molar-refractivity contribution is 0.220. The predicted molar refractivity (Wildman–Crippen MR) is 112 cm³/mol. The number of hydrogen-bond donors (Lipinski definition) is 2. The molecule has 3 heterocycles. The lowest BCUT2D eigenvalue weighted by Gasteiger charge is -2.28. The van der Waals surface area contributed by atoms with E-state index in [1.807, 2.05) is 59.6 Å². The van der Waals surface area contributed by atoms with Crippen LogP contribution in [0.25, 0.3) is 5.69 Å². The molecule has 0 unspecified atom stereocenters. The first-order chi connectivity index (χ1) is 13.7. The third kappa shape index (κ3) is 3.34. The van der Waals surface area contributed by atoms with Gasteiger partial charge < -0.3 is 24.6 Å². The molecule has 1 aromatic carbocycles. The number of β-amino-alcohol motifs (C(OH)–C–C–N with tert-alkyl or cyclic N) is 1. The first kappa shape index (κ1) is 18.5. The van der Waals surface area contributed by atoms with Crippen molar-refractivity contribution in [2.24, 2.45) is 0 Å². The molecule has 4 rings (SSSR count). The molecule has 0 radical (unpaired) electrons. The second kappa shape index (κ2) is 8.00. The van der Waals surface area contributed by atoms with Gasteiger partial charge in [0.25, 0.3) is 0 Å². The van der Waals surface area contributed by atoms with Crippen LogP contribution in [0.4, 0.5) is 0 Å². The summed E-state index contributed by atoms with van der Waals surface area (Å²) < 4.78 is 7.51. The highest BCUT2D eigenvalue weighted by atomic mass is 32.1. The molecule has 1 fully saturated rings. The number of nitrogens with one attached hydrogen (secondary N) is 1. The number of aliphatic hydroxyl groups excluding tert-OH is 1. The molecular formula is C21H22N4O2S. The summed E-state index contributed by atoms with van der Waals surface area (Å²) in [6.45, 7) is 0.469. The van der Waals surface area contributed by atoms with Gasteiger partial charge in [-0.2, -0.15) is 0 Å². The van der Waals surface area contributed by atoms with Gasteiger partial charge in [0.05, 0.1) is 31.5 Å². The lowest BCUT2D eigenvalue weighted by Crippen LogP contribution is -2.32. The number of thiocarbonyl (C=S) groups is 1. The quantitative estimate of drug-likeness (QED) is 0.627. The third-order valence-electron chi connectivity index (χ3n) is 4.95. The molecule has 2 atom stereocenters. The predicted octanol–water partition coefficient (Wildman–Crippen LogP) is 2.85. The van der Waals surface area contributed by atoms with Gasteiger partial charge in [-0.1, -0.05) is 12.1 Å². The third-order valence-corrected chi connectivity index (χ3v) is 5.31. The molecule has 2 N–H and O–H groups in total. The van der Waals surface area contributed by atoms with E-state index in [1.165, 1.54) is 0 Å². The Hall–Kier alpha value is -2.90. The second-order valence-corrected chi connectivity index (χ2v) is 6.93. The van der Waals surface area contributed by atoms with E-state index in [1.54, 1.807) is 13.3 Å². The highest BCUT2D eigenvalue weighted by Gasteiger charge is 2.40. The summed E-state index contributed by atoms with van der Waals surface area (Å²) in [5.74, 6) is 0.797. The topological polar surface area (TPSA) is 62.5 Å². The summed E-state index contributed by atoms with van der Waals surface area (Å²) in [5.41, 5.74) is 2.97. The fraction of sp³-hybridized carbons (Fsp3) is 0.238. The van der Waals surface area contributed by atoms with Crippen LogP contribution in [0, 0.1) is 0 Å². The van der Waals surface area contributed by atoms with E-state index in [-0.39, 0.29) is 18.7 Å². The van der Waals surface area contributed by atoms with E-state index in [2.05, 4.69) is 20.9 Å². The second-order valence-electron chi connectivity index (χ2n) is 6.55. The molecule has 2 aromatic heterocycles. The van der Waals surface area contributed by atoms with Crippen LogP contribution in [0.15, 0.2) is 67.0 Å². The largest absolute Gasteiger partial charge is 0.497 e. The van der Waals surface area contributed by atoms with Crippen molar-refractivity contribution >= 4 is 17.3 Å².